The molecule has 1 aliphatic heterocycles. The highest BCUT2D eigenvalue weighted by molar-refractivity contribution is 5.70. The number of carboxylic acids is 1. The van der Waals surface area contributed by atoms with Crippen molar-refractivity contribution in [3.05, 3.63) is 36.2 Å². The van der Waals surface area contributed by atoms with E-state index in [-0.39, 0.29) is 18.0 Å². The second kappa shape index (κ2) is 7.27. The zero-order chi connectivity index (χ0) is 18.0. The Morgan fingerprint density at radius 1 is 1.28 bits per heavy atom. The van der Waals surface area contributed by atoms with E-state index in [1.54, 1.807) is 13.4 Å². The van der Waals surface area contributed by atoms with E-state index in [9.17, 15) is 9.90 Å². The molecule has 0 amide bonds. The SMILES string of the molecule is COc1ccc(-c2nc(CN3C(C)CC(C(=O)O)CC3C)co2)cc1. The molecule has 1 aliphatic rings. The third-order valence-corrected chi connectivity index (χ3v) is 4.97. The molecule has 0 bridgehead atoms. The summed E-state index contributed by atoms with van der Waals surface area (Å²) in [4.78, 5) is 18.1. The summed E-state index contributed by atoms with van der Waals surface area (Å²) >= 11 is 0. The van der Waals surface area contributed by atoms with E-state index in [4.69, 9.17) is 9.15 Å². The average Bonchev–Trinajstić information content (AvgIpc) is 3.06. The number of likely N-dealkylation sites (tertiary alicyclic amines) is 1. The minimum Gasteiger partial charge on any atom is -0.497 e. The molecule has 25 heavy (non-hydrogen) atoms. The van der Waals surface area contributed by atoms with E-state index in [1.807, 2.05) is 24.3 Å². The lowest BCUT2D eigenvalue weighted by molar-refractivity contribution is -0.145. The van der Waals surface area contributed by atoms with Crippen LogP contribution in [-0.2, 0) is 11.3 Å². The molecule has 134 valence electrons. The highest BCUT2D eigenvalue weighted by atomic mass is 16.5. The van der Waals surface area contributed by atoms with Crippen LogP contribution >= 0.6 is 0 Å². The molecule has 1 saturated heterocycles. The summed E-state index contributed by atoms with van der Waals surface area (Å²) in [5.41, 5.74) is 1.76. The maximum absolute atomic E-state index is 11.3. The molecule has 2 atom stereocenters. The molecule has 1 fully saturated rings. The third kappa shape index (κ3) is 3.85. The first kappa shape index (κ1) is 17.5. The van der Waals surface area contributed by atoms with Crippen LogP contribution in [0.5, 0.6) is 5.75 Å². The number of hydrogen-bond donors (Lipinski definition) is 1. The third-order valence-electron chi connectivity index (χ3n) is 4.97. The number of carbonyl (C=O) groups is 1. The van der Waals surface area contributed by atoms with Crippen LogP contribution in [-0.4, -0.2) is 40.2 Å². The largest absolute Gasteiger partial charge is 0.497 e. The van der Waals surface area contributed by atoms with E-state index < -0.39 is 5.97 Å². The maximum Gasteiger partial charge on any atom is 0.306 e. The Morgan fingerprint density at radius 2 is 1.92 bits per heavy atom. The lowest BCUT2D eigenvalue weighted by Gasteiger charge is -2.41. The number of hydrogen-bond acceptors (Lipinski definition) is 5. The van der Waals surface area contributed by atoms with Gasteiger partial charge in [0.1, 0.15) is 12.0 Å². The first-order valence-corrected chi connectivity index (χ1v) is 8.55. The average molecular weight is 344 g/mol. The van der Waals surface area contributed by atoms with Crippen LogP contribution in [0, 0.1) is 5.92 Å². The Kier molecular flexibility index (Phi) is 5.08. The van der Waals surface area contributed by atoms with Crippen LogP contribution in [0.4, 0.5) is 0 Å². The van der Waals surface area contributed by atoms with Crippen molar-refractivity contribution in [2.24, 2.45) is 5.92 Å². The fourth-order valence-electron chi connectivity index (χ4n) is 3.57. The van der Waals surface area contributed by atoms with E-state index in [1.165, 1.54) is 0 Å². The van der Waals surface area contributed by atoms with Gasteiger partial charge in [-0.1, -0.05) is 0 Å². The molecule has 6 nitrogen and oxygen atoms in total. The van der Waals surface area contributed by atoms with Crippen molar-refractivity contribution >= 4 is 5.97 Å². The van der Waals surface area contributed by atoms with E-state index >= 15 is 0 Å². The fraction of sp³-hybridized carbons (Fsp3) is 0.474. The van der Waals surface area contributed by atoms with E-state index in [0.717, 1.165) is 17.0 Å². The zero-order valence-electron chi connectivity index (χ0n) is 14.8. The number of aliphatic carboxylic acids is 1. The van der Waals surface area contributed by atoms with E-state index in [2.05, 4.69) is 23.7 Å². The Morgan fingerprint density at radius 3 is 2.48 bits per heavy atom. The molecule has 1 aromatic carbocycles. The van der Waals surface area contributed by atoms with Crippen LogP contribution in [0.25, 0.3) is 11.5 Å². The van der Waals surface area contributed by atoms with Gasteiger partial charge in [0.05, 0.1) is 18.7 Å². The Balaban J connectivity index is 1.69. The molecule has 0 radical (unpaired) electrons. The topological polar surface area (TPSA) is 75.8 Å². The van der Waals surface area contributed by atoms with Gasteiger partial charge in [0.15, 0.2) is 0 Å². The lowest BCUT2D eigenvalue weighted by Crippen LogP contribution is -2.47. The van der Waals surface area contributed by atoms with Crippen molar-refractivity contribution in [2.45, 2.75) is 45.3 Å². The molecule has 0 saturated carbocycles. The Bertz CT molecular complexity index is 713. The van der Waals surface area contributed by atoms with Gasteiger partial charge in [0.25, 0.3) is 0 Å². The maximum atomic E-state index is 11.3. The van der Waals surface area contributed by atoms with Crippen LogP contribution in [0.15, 0.2) is 34.9 Å². The molecule has 3 rings (SSSR count). The second-order valence-electron chi connectivity index (χ2n) is 6.75. The number of aromatic nitrogens is 1. The quantitative estimate of drug-likeness (QED) is 0.896. The predicted molar refractivity (Wildman–Crippen MR) is 93.3 cm³/mol. The predicted octanol–water partition coefficient (Wildman–Crippen LogP) is 3.42. The standard InChI is InChI=1S/C19H24N2O4/c1-12-8-15(19(22)23)9-13(2)21(12)10-16-11-25-18(20-16)14-4-6-17(24-3)7-5-14/h4-7,11-13,15H,8-10H2,1-3H3,(H,22,23). The Labute approximate surface area is 147 Å². The summed E-state index contributed by atoms with van der Waals surface area (Å²) < 4.78 is 10.8. The number of carboxylic acid groups (broad SMARTS) is 1. The molecule has 1 aromatic heterocycles. The van der Waals surface area contributed by atoms with Crippen molar-refractivity contribution in [2.75, 3.05) is 7.11 Å². The minimum absolute atomic E-state index is 0.200. The van der Waals surface area contributed by atoms with Gasteiger partial charge in [0.2, 0.25) is 5.89 Å². The zero-order valence-corrected chi connectivity index (χ0v) is 14.8. The second-order valence-corrected chi connectivity index (χ2v) is 6.75. The first-order valence-electron chi connectivity index (χ1n) is 8.55. The number of benzene rings is 1. The van der Waals surface area contributed by atoms with Gasteiger partial charge >= 0.3 is 5.97 Å². The highest BCUT2D eigenvalue weighted by Gasteiger charge is 2.34. The minimum atomic E-state index is -0.693. The molecule has 1 N–H and O–H groups in total. The highest BCUT2D eigenvalue weighted by Crippen LogP contribution is 2.30. The summed E-state index contributed by atoms with van der Waals surface area (Å²) in [5.74, 6) is 0.424. The summed E-state index contributed by atoms with van der Waals surface area (Å²) in [7, 11) is 1.63. The van der Waals surface area contributed by atoms with Crippen LogP contribution < -0.4 is 4.74 Å². The normalized spacial score (nSPS) is 24.2. The monoisotopic (exact) mass is 344 g/mol. The van der Waals surface area contributed by atoms with Gasteiger partial charge in [0, 0.05) is 24.2 Å². The van der Waals surface area contributed by atoms with Crippen LogP contribution in [0.2, 0.25) is 0 Å². The van der Waals surface area contributed by atoms with Crippen molar-refractivity contribution in [1.29, 1.82) is 0 Å². The van der Waals surface area contributed by atoms with Gasteiger partial charge in [-0.25, -0.2) is 4.98 Å². The van der Waals surface area contributed by atoms with Crippen molar-refractivity contribution in [3.8, 4) is 17.2 Å². The van der Waals surface area contributed by atoms with Gasteiger partial charge in [-0.2, -0.15) is 0 Å². The molecular weight excluding hydrogens is 320 g/mol. The van der Waals surface area contributed by atoms with E-state index in [0.29, 0.717) is 25.3 Å². The molecule has 2 aromatic rings. The number of methoxy groups -OCH3 is 1. The molecule has 2 unspecified atom stereocenters. The van der Waals surface area contributed by atoms with Crippen LogP contribution in [0.3, 0.4) is 0 Å². The van der Waals surface area contributed by atoms with Gasteiger partial charge in [-0.05, 0) is 51.0 Å². The molecule has 0 aliphatic carbocycles. The number of rotatable bonds is 5. The van der Waals surface area contributed by atoms with Crippen molar-refractivity contribution in [1.82, 2.24) is 9.88 Å². The number of oxazole rings is 1. The smallest absolute Gasteiger partial charge is 0.306 e. The number of piperidine rings is 1. The summed E-state index contributed by atoms with van der Waals surface area (Å²) in [6, 6.07) is 7.98. The number of ether oxygens (including phenoxy) is 1. The van der Waals surface area contributed by atoms with Gasteiger partial charge in [-0.3, -0.25) is 9.69 Å². The van der Waals surface area contributed by atoms with Gasteiger partial charge in [-0.15, -0.1) is 0 Å². The summed E-state index contributed by atoms with van der Waals surface area (Å²) in [6.45, 7) is 4.82. The lowest BCUT2D eigenvalue weighted by atomic mass is 9.87. The fourth-order valence-corrected chi connectivity index (χ4v) is 3.57. The molecule has 6 heteroatoms. The van der Waals surface area contributed by atoms with Crippen molar-refractivity contribution in [3.63, 3.8) is 0 Å². The van der Waals surface area contributed by atoms with Crippen molar-refractivity contribution < 1.29 is 19.1 Å². The summed E-state index contributed by atoms with van der Waals surface area (Å²) in [5, 5.41) is 9.26. The Hall–Kier alpha value is -2.34. The number of nitrogens with zero attached hydrogens (tertiary/aromatic N) is 2. The summed E-state index contributed by atoms with van der Waals surface area (Å²) in [6.07, 6.45) is 3.02. The molecule has 0 spiro atoms. The van der Waals surface area contributed by atoms with Crippen LogP contribution in [0.1, 0.15) is 32.4 Å². The molecular formula is C19H24N2O4. The van der Waals surface area contributed by atoms with Gasteiger partial charge < -0.3 is 14.3 Å². The first-order chi connectivity index (χ1) is 12.0. The molecule has 2 heterocycles.